The minimum atomic E-state index is 0.554. The van der Waals surface area contributed by atoms with Gasteiger partial charge in [0.25, 0.3) is 0 Å². The van der Waals surface area contributed by atoms with E-state index in [2.05, 4.69) is 32.2 Å². The van der Waals surface area contributed by atoms with E-state index in [9.17, 15) is 0 Å². The monoisotopic (exact) mass is 411 g/mol. The molecule has 29 heavy (non-hydrogen) atoms. The third kappa shape index (κ3) is 3.53. The van der Waals surface area contributed by atoms with Gasteiger partial charge < -0.3 is 11.1 Å². The molecule has 154 valence electrons. The second kappa shape index (κ2) is 7.66. The third-order valence-electron chi connectivity index (χ3n) is 6.50. The van der Waals surface area contributed by atoms with Crippen molar-refractivity contribution in [2.45, 2.75) is 50.6 Å². The lowest BCUT2D eigenvalue weighted by Crippen LogP contribution is -2.53. The summed E-state index contributed by atoms with van der Waals surface area (Å²) in [5.74, 6) is 1.12. The Bertz CT molecular complexity index is 1000. The van der Waals surface area contributed by atoms with Crippen LogP contribution >= 0.6 is 11.3 Å². The zero-order valence-electron chi connectivity index (χ0n) is 17.1. The molecule has 4 heterocycles. The van der Waals surface area contributed by atoms with E-state index in [-0.39, 0.29) is 0 Å². The minimum absolute atomic E-state index is 0.554. The van der Waals surface area contributed by atoms with Gasteiger partial charge in [0.05, 0.1) is 22.0 Å². The zero-order chi connectivity index (χ0) is 20.0. The van der Waals surface area contributed by atoms with Crippen LogP contribution in [-0.2, 0) is 7.05 Å². The van der Waals surface area contributed by atoms with Gasteiger partial charge in [-0.25, -0.2) is 9.97 Å². The molecule has 2 fully saturated rings. The first-order valence-electron chi connectivity index (χ1n) is 10.6. The van der Waals surface area contributed by atoms with E-state index in [4.69, 9.17) is 5.73 Å². The van der Waals surface area contributed by atoms with Crippen LogP contribution in [0.15, 0.2) is 18.7 Å². The number of nitrogens with two attached hydrogens (primary N) is 1. The molecule has 0 aromatic carbocycles. The molecule has 3 aromatic heterocycles. The first-order chi connectivity index (χ1) is 14.1. The molecule has 2 aliphatic rings. The number of nitrogens with one attached hydrogen (secondary N) is 1. The van der Waals surface area contributed by atoms with E-state index in [1.807, 2.05) is 35.5 Å². The highest BCUT2D eigenvalue weighted by atomic mass is 32.1. The summed E-state index contributed by atoms with van der Waals surface area (Å²) in [7, 11) is 1.94. The van der Waals surface area contributed by atoms with E-state index < -0.39 is 0 Å². The Balaban J connectivity index is 1.42. The highest BCUT2D eigenvalue weighted by Gasteiger charge is 2.31. The van der Waals surface area contributed by atoms with Crippen LogP contribution in [0.5, 0.6) is 0 Å². The highest BCUT2D eigenvalue weighted by Crippen LogP contribution is 2.46. The van der Waals surface area contributed by atoms with Crippen molar-refractivity contribution in [3.8, 4) is 10.4 Å². The number of fused-ring (bicyclic) bond motifs is 1. The Kier molecular flexibility index (Phi) is 5.01. The third-order valence-corrected chi connectivity index (χ3v) is 7.89. The Morgan fingerprint density at radius 3 is 2.76 bits per heavy atom. The normalized spacial score (nSPS) is 26.2. The fourth-order valence-corrected chi connectivity index (χ4v) is 6.43. The number of hydrogen-bond donors (Lipinski definition) is 2. The van der Waals surface area contributed by atoms with Crippen LogP contribution in [0.2, 0.25) is 0 Å². The lowest BCUT2D eigenvalue weighted by Gasteiger charge is -2.41. The maximum absolute atomic E-state index is 6.29. The minimum Gasteiger partial charge on any atom is -0.383 e. The van der Waals surface area contributed by atoms with Crippen molar-refractivity contribution >= 4 is 28.1 Å². The predicted molar refractivity (Wildman–Crippen MR) is 118 cm³/mol. The Hall–Kier alpha value is -2.03. The Morgan fingerprint density at radius 2 is 2.03 bits per heavy atom. The number of thiophene rings is 1. The molecule has 1 saturated heterocycles. The van der Waals surface area contributed by atoms with Crippen molar-refractivity contribution in [2.24, 2.45) is 7.05 Å². The van der Waals surface area contributed by atoms with Gasteiger partial charge in [-0.1, -0.05) is 0 Å². The van der Waals surface area contributed by atoms with Crippen molar-refractivity contribution < 1.29 is 0 Å². The molecule has 7 nitrogen and oxygen atoms in total. The largest absolute Gasteiger partial charge is 0.383 e. The van der Waals surface area contributed by atoms with E-state index in [0.29, 0.717) is 17.8 Å². The number of anilines is 1. The van der Waals surface area contributed by atoms with Crippen LogP contribution in [0, 0.1) is 0 Å². The number of rotatable bonds is 3. The second-order valence-electron chi connectivity index (χ2n) is 8.54. The van der Waals surface area contributed by atoms with Gasteiger partial charge in [-0.15, -0.1) is 11.3 Å². The van der Waals surface area contributed by atoms with Crippen LogP contribution in [0.3, 0.4) is 0 Å². The number of nitrogen functional groups attached to an aromatic ring is 1. The molecule has 1 saturated carbocycles. The molecule has 0 bridgehead atoms. The quantitative estimate of drug-likeness (QED) is 0.689. The van der Waals surface area contributed by atoms with E-state index in [0.717, 1.165) is 33.9 Å². The number of hydrogen-bond acceptors (Lipinski definition) is 7. The summed E-state index contributed by atoms with van der Waals surface area (Å²) in [6.07, 6.45) is 10.5. The molecule has 3 N–H and O–H groups in total. The van der Waals surface area contributed by atoms with Gasteiger partial charge in [-0.05, 0) is 38.5 Å². The molecule has 0 radical (unpaired) electrons. The molecule has 1 atom stereocenters. The Morgan fingerprint density at radius 1 is 1.21 bits per heavy atom. The van der Waals surface area contributed by atoms with Gasteiger partial charge >= 0.3 is 0 Å². The maximum Gasteiger partial charge on any atom is 0.136 e. The first-order valence-corrected chi connectivity index (χ1v) is 11.4. The lowest BCUT2D eigenvalue weighted by atomic mass is 9.83. The number of nitrogens with zero attached hydrogens (tertiary/aromatic N) is 5. The molecule has 3 aromatic rings. The maximum atomic E-state index is 6.29. The van der Waals surface area contributed by atoms with Gasteiger partial charge in [-0.2, -0.15) is 5.10 Å². The predicted octanol–water partition coefficient (Wildman–Crippen LogP) is 2.99. The summed E-state index contributed by atoms with van der Waals surface area (Å²) in [6.45, 7) is 5.75. The smallest absolute Gasteiger partial charge is 0.136 e. The van der Waals surface area contributed by atoms with E-state index in [1.165, 1.54) is 43.6 Å². The number of aromatic nitrogens is 4. The van der Waals surface area contributed by atoms with Gasteiger partial charge in [0, 0.05) is 55.4 Å². The van der Waals surface area contributed by atoms with Crippen LogP contribution in [0.1, 0.15) is 43.4 Å². The molecule has 8 heteroatoms. The number of piperazine rings is 1. The summed E-state index contributed by atoms with van der Waals surface area (Å²) in [5.41, 5.74) is 8.43. The van der Waals surface area contributed by atoms with Crippen molar-refractivity contribution in [2.75, 3.05) is 25.4 Å². The number of aryl methyl sites for hydroxylation is 1. The van der Waals surface area contributed by atoms with Crippen molar-refractivity contribution in [3.05, 3.63) is 23.6 Å². The lowest BCUT2D eigenvalue weighted by molar-refractivity contribution is 0.115. The van der Waals surface area contributed by atoms with E-state index >= 15 is 0 Å². The topological polar surface area (TPSA) is 84.9 Å². The standard InChI is InChI=1S/C21H29N7S/c1-13-10-28(8-7-23-13)16-5-3-14(4-6-16)20-18-17(21(22)25-12-24-18)19(29-20)15-9-26-27(2)11-15/h9,11-14,16,23H,3-8,10H2,1-2H3,(H2,22,24,25)/t13-,14?,16?/m1/s1. The van der Waals surface area contributed by atoms with Gasteiger partial charge in [-0.3, -0.25) is 9.58 Å². The molecular weight excluding hydrogens is 382 g/mol. The van der Waals surface area contributed by atoms with Crippen LogP contribution in [0.25, 0.3) is 21.3 Å². The van der Waals surface area contributed by atoms with Crippen LogP contribution in [-0.4, -0.2) is 56.4 Å². The Labute approximate surface area is 175 Å². The summed E-state index contributed by atoms with van der Waals surface area (Å²) >= 11 is 1.84. The molecule has 1 aliphatic heterocycles. The molecular formula is C21H29N7S. The van der Waals surface area contributed by atoms with Crippen molar-refractivity contribution in [1.82, 2.24) is 30.0 Å². The molecule has 0 spiro atoms. The fraction of sp³-hybridized carbons (Fsp3) is 0.571. The van der Waals surface area contributed by atoms with Crippen molar-refractivity contribution in [1.29, 1.82) is 0 Å². The van der Waals surface area contributed by atoms with Gasteiger partial charge in [0.15, 0.2) is 0 Å². The summed E-state index contributed by atoms with van der Waals surface area (Å²) in [4.78, 5) is 14.2. The van der Waals surface area contributed by atoms with Crippen LogP contribution in [0.4, 0.5) is 5.82 Å². The highest BCUT2D eigenvalue weighted by molar-refractivity contribution is 7.17. The first kappa shape index (κ1) is 19.0. The molecule has 5 rings (SSSR count). The molecule has 0 unspecified atom stereocenters. The average molecular weight is 412 g/mol. The van der Waals surface area contributed by atoms with Gasteiger partial charge in [0.1, 0.15) is 12.1 Å². The van der Waals surface area contributed by atoms with Crippen molar-refractivity contribution in [3.63, 3.8) is 0 Å². The SMILES string of the molecule is C[C@@H]1CN(C2CCC(c3sc(-c4cnn(C)c4)c4c(N)ncnc34)CC2)CCN1. The van der Waals surface area contributed by atoms with Gasteiger partial charge in [0.2, 0.25) is 0 Å². The fourth-order valence-electron chi connectivity index (χ4n) is 5.03. The van der Waals surface area contributed by atoms with E-state index in [1.54, 1.807) is 6.33 Å². The molecule has 0 amide bonds. The summed E-state index contributed by atoms with van der Waals surface area (Å²) in [5, 5.41) is 8.91. The second-order valence-corrected chi connectivity index (χ2v) is 9.59. The average Bonchev–Trinajstić information content (AvgIpc) is 3.33. The summed E-state index contributed by atoms with van der Waals surface area (Å²) < 4.78 is 1.83. The zero-order valence-corrected chi connectivity index (χ0v) is 18.0. The molecule has 1 aliphatic carbocycles. The summed E-state index contributed by atoms with van der Waals surface area (Å²) in [6, 6.07) is 1.32. The van der Waals surface area contributed by atoms with Crippen LogP contribution < -0.4 is 11.1 Å².